The number of carbonyl (C=O) groups is 1. The third-order valence-corrected chi connectivity index (χ3v) is 2.98. The minimum atomic E-state index is -0.105. The molecule has 0 aliphatic heterocycles. The van der Waals surface area contributed by atoms with E-state index < -0.39 is 0 Å². The molecule has 0 bridgehead atoms. The number of hydrogen-bond acceptors (Lipinski definition) is 3. The summed E-state index contributed by atoms with van der Waals surface area (Å²) < 4.78 is 5.19. The van der Waals surface area contributed by atoms with Crippen LogP contribution in [0, 0.1) is 0 Å². The zero-order valence-corrected chi connectivity index (χ0v) is 11.2. The highest BCUT2D eigenvalue weighted by Gasteiger charge is 2.21. The van der Waals surface area contributed by atoms with E-state index in [4.69, 9.17) is 4.74 Å². The summed E-state index contributed by atoms with van der Waals surface area (Å²) in [4.78, 5) is 15.5. The van der Waals surface area contributed by atoms with Crippen LogP contribution in [0.2, 0.25) is 0 Å². The fraction of sp³-hybridized carbons (Fsp3) is 0.333. The predicted molar refractivity (Wildman–Crippen MR) is 72.4 cm³/mol. The lowest BCUT2D eigenvalue weighted by molar-refractivity contribution is 0.112. The Bertz CT molecular complexity index is 597. The molecule has 1 aromatic heterocycles. The average Bonchev–Trinajstić information content (AvgIpc) is 2.35. The third kappa shape index (κ3) is 2.08. The van der Waals surface area contributed by atoms with Crippen molar-refractivity contribution in [3.8, 4) is 5.75 Å². The minimum Gasteiger partial charge on any atom is -0.497 e. The van der Waals surface area contributed by atoms with Crippen LogP contribution >= 0.6 is 0 Å². The molecule has 0 radical (unpaired) electrons. The van der Waals surface area contributed by atoms with Crippen molar-refractivity contribution in [2.45, 2.75) is 26.2 Å². The second-order valence-corrected chi connectivity index (χ2v) is 5.34. The fourth-order valence-corrected chi connectivity index (χ4v) is 2.24. The summed E-state index contributed by atoms with van der Waals surface area (Å²) in [6.07, 6.45) is 2.51. The summed E-state index contributed by atoms with van der Waals surface area (Å²) in [7, 11) is 1.63. The number of aromatic nitrogens is 1. The summed E-state index contributed by atoms with van der Waals surface area (Å²) in [6.45, 7) is 6.29. The zero-order chi connectivity index (χ0) is 13.3. The van der Waals surface area contributed by atoms with E-state index >= 15 is 0 Å². The van der Waals surface area contributed by atoms with Gasteiger partial charge in [-0.15, -0.1) is 0 Å². The number of benzene rings is 1. The monoisotopic (exact) mass is 243 g/mol. The highest BCUT2D eigenvalue weighted by molar-refractivity contribution is 5.92. The molecule has 0 amide bonds. The van der Waals surface area contributed by atoms with Gasteiger partial charge in [-0.1, -0.05) is 20.8 Å². The highest BCUT2D eigenvalue weighted by atomic mass is 16.5. The van der Waals surface area contributed by atoms with Gasteiger partial charge in [0.1, 0.15) is 5.75 Å². The van der Waals surface area contributed by atoms with Crippen LogP contribution in [0.5, 0.6) is 5.75 Å². The maximum Gasteiger partial charge on any atom is 0.151 e. The second kappa shape index (κ2) is 4.41. The van der Waals surface area contributed by atoms with Crippen molar-refractivity contribution >= 4 is 17.2 Å². The first-order valence-electron chi connectivity index (χ1n) is 5.90. The number of fused-ring (bicyclic) bond motifs is 1. The van der Waals surface area contributed by atoms with Crippen LogP contribution in [0.4, 0.5) is 0 Å². The van der Waals surface area contributed by atoms with Crippen molar-refractivity contribution in [2.24, 2.45) is 0 Å². The summed E-state index contributed by atoms with van der Waals surface area (Å²) in [5.74, 6) is 0.772. The number of methoxy groups -OCH3 is 1. The largest absolute Gasteiger partial charge is 0.497 e. The second-order valence-electron chi connectivity index (χ2n) is 5.34. The maximum absolute atomic E-state index is 11.2. The van der Waals surface area contributed by atoms with E-state index in [9.17, 15) is 4.79 Å². The van der Waals surface area contributed by atoms with Gasteiger partial charge in [0.25, 0.3) is 0 Å². The number of nitrogens with zero attached hydrogens (tertiary/aromatic N) is 1. The summed E-state index contributed by atoms with van der Waals surface area (Å²) >= 11 is 0. The average molecular weight is 243 g/mol. The molecule has 94 valence electrons. The standard InChI is InChI=1S/C15H17NO2/c1-15(2,3)14-10(9-17)8-16-13-7-11(18-4)5-6-12(13)14/h5-9H,1-4H3. The van der Waals surface area contributed by atoms with Crippen LogP contribution in [0.25, 0.3) is 10.9 Å². The van der Waals surface area contributed by atoms with E-state index in [0.29, 0.717) is 5.56 Å². The smallest absolute Gasteiger partial charge is 0.151 e. The molecule has 0 aliphatic rings. The Balaban J connectivity index is 2.82. The first-order valence-corrected chi connectivity index (χ1v) is 5.90. The Morgan fingerprint density at radius 3 is 2.56 bits per heavy atom. The van der Waals surface area contributed by atoms with Gasteiger partial charge in [0.05, 0.1) is 12.6 Å². The molecule has 0 N–H and O–H groups in total. The Kier molecular flexibility index (Phi) is 3.07. The van der Waals surface area contributed by atoms with Crippen LogP contribution in [0.15, 0.2) is 24.4 Å². The quantitative estimate of drug-likeness (QED) is 0.759. The normalized spacial score (nSPS) is 11.6. The van der Waals surface area contributed by atoms with Gasteiger partial charge in [-0.2, -0.15) is 0 Å². The Labute approximate surface area is 107 Å². The van der Waals surface area contributed by atoms with Gasteiger partial charge in [-0.05, 0) is 23.1 Å². The van der Waals surface area contributed by atoms with Crippen molar-refractivity contribution in [3.05, 3.63) is 35.5 Å². The lowest BCUT2D eigenvalue weighted by Gasteiger charge is -2.23. The van der Waals surface area contributed by atoms with Crippen molar-refractivity contribution in [1.29, 1.82) is 0 Å². The number of rotatable bonds is 2. The van der Waals surface area contributed by atoms with Crippen molar-refractivity contribution in [2.75, 3.05) is 7.11 Å². The van der Waals surface area contributed by atoms with Gasteiger partial charge < -0.3 is 4.74 Å². The van der Waals surface area contributed by atoms with Crippen LogP contribution in [0.3, 0.4) is 0 Å². The van der Waals surface area contributed by atoms with Crippen LogP contribution < -0.4 is 4.74 Å². The van der Waals surface area contributed by atoms with Gasteiger partial charge in [0.15, 0.2) is 6.29 Å². The van der Waals surface area contributed by atoms with Gasteiger partial charge in [0, 0.05) is 23.2 Å². The molecule has 3 heteroatoms. The van der Waals surface area contributed by atoms with Crippen LogP contribution in [-0.2, 0) is 5.41 Å². The number of carbonyl (C=O) groups excluding carboxylic acids is 1. The van der Waals surface area contributed by atoms with E-state index in [1.165, 1.54) is 0 Å². The van der Waals surface area contributed by atoms with Crippen LogP contribution in [-0.4, -0.2) is 18.4 Å². The van der Waals surface area contributed by atoms with Gasteiger partial charge >= 0.3 is 0 Å². The molecule has 0 fully saturated rings. The SMILES string of the molecule is COc1ccc2c(C(C)(C)C)c(C=O)cnc2c1. The van der Waals surface area contributed by atoms with Gasteiger partial charge in [-0.3, -0.25) is 9.78 Å². The van der Waals surface area contributed by atoms with E-state index in [1.54, 1.807) is 13.3 Å². The molecule has 0 saturated carbocycles. The maximum atomic E-state index is 11.2. The summed E-state index contributed by atoms with van der Waals surface area (Å²) in [6, 6.07) is 5.75. The molecule has 0 aliphatic carbocycles. The molecule has 0 unspecified atom stereocenters. The summed E-state index contributed by atoms with van der Waals surface area (Å²) in [5.41, 5.74) is 2.43. The molecule has 3 nitrogen and oxygen atoms in total. The number of aldehydes is 1. The van der Waals surface area contributed by atoms with Gasteiger partial charge in [-0.25, -0.2) is 0 Å². The fourth-order valence-electron chi connectivity index (χ4n) is 2.24. The highest BCUT2D eigenvalue weighted by Crippen LogP contribution is 2.32. The number of hydrogen-bond donors (Lipinski definition) is 0. The molecule has 18 heavy (non-hydrogen) atoms. The molecule has 2 aromatic rings. The van der Waals surface area contributed by atoms with Crippen molar-refractivity contribution in [1.82, 2.24) is 4.98 Å². The molecule has 0 atom stereocenters. The zero-order valence-electron chi connectivity index (χ0n) is 11.2. The van der Waals surface area contributed by atoms with Crippen molar-refractivity contribution in [3.63, 3.8) is 0 Å². The predicted octanol–water partition coefficient (Wildman–Crippen LogP) is 3.35. The van der Waals surface area contributed by atoms with E-state index in [-0.39, 0.29) is 5.41 Å². The first kappa shape index (κ1) is 12.6. The summed E-state index contributed by atoms with van der Waals surface area (Å²) in [5, 5.41) is 1.01. The minimum absolute atomic E-state index is 0.105. The molecular formula is C15H17NO2. The Morgan fingerprint density at radius 2 is 2.00 bits per heavy atom. The number of pyridine rings is 1. The molecule has 2 rings (SSSR count). The lowest BCUT2D eigenvalue weighted by atomic mass is 9.82. The number of ether oxygens (including phenoxy) is 1. The Morgan fingerprint density at radius 1 is 1.28 bits per heavy atom. The molecule has 1 heterocycles. The first-order chi connectivity index (χ1) is 8.47. The Hall–Kier alpha value is -1.90. The van der Waals surface area contributed by atoms with E-state index in [1.807, 2.05) is 18.2 Å². The molecule has 1 aromatic carbocycles. The van der Waals surface area contributed by atoms with Gasteiger partial charge in [0.2, 0.25) is 0 Å². The third-order valence-electron chi connectivity index (χ3n) is 2.98. The van der Waals surface area contributed by atoms with Crippen LogP contribution in [0.1, 0.15) is 36.7 Å². The molecular weight excluding hydrogens is 226 g/mol. The van der Waals surface area contributed by atoms with E-state index in [2.05, 4.69) is 25.8 Å². The topological polar surface area (TPSA) is 39.2 Å². The van der Waals surface area contributed by atoms with Crippen molar-refractivity contribution < 1.29 is 9.53 Å². The lowest BCUT2D eigenvalue weighted by Crippen LogP contribution is -2.15. The molecule has 0 spiro atoms. The van der Waals surface area contributed by atoms with E-state index in [0.717, 1.165) is 28.5 Å². The molecule has 0 saturated heterocycles.